The standard InChI is InChI=1S/C13H19BrN2O/c1-10-6-12(7-14)8-15-13(10)16-4-3-5-17-11(2)9-16/h6,8,11H,3-5,7,9H2,1-2H3. The molecule has 1 saturated heterocycles. The van der Waals surface area contributed by atoms with Crippen LogP contribution in [0.4, 0.5) is 5.82 Å². The number of hydrogen-bond donors (Lipinski definition) is 0. The number of alkyl halides is 1. The fourth-order valence-corrected chi connectivity index (χ4v) is 2.52. The molecule has 2 rings (SSSR count). The fraction of sp³-hybridized carbons (Fsp3) is 0.615. The van der Waals surface area contributed by atoms with Gasteiger partial charge in [0, 0.05) is 31.2 Å². The lowest BCUT2D eigenvalue weighted by molar-refractivity contribution is 0.0820. The highest BCUT2D eigenvalue weighted by molar-refractivity contribution is 9.08. The van der Waals surface area contributed by atoms with E-state index in [2.05, 4.69) is 45.7 Å². The summed E-state index contributed by atoms with van der Waals surface area (Å²) in [5.74, 6) is 1.10. The van der Waals surface area contributed by atoms with Gasteiger partial charge >= 0.3 is 0 Å². The summed E-state index contributed by atoms with van der Waals surface area (Å²) >= 11 is 3.46. The van der Waals surface area contributed by atoms with Crippen molar-refractivity contribution in [1.82, 2.24) is 4.98 Å². The predicted molar refractivity (Wildman–Crippen MR) is 73.8 cm³/mol. The largest absolute Gasteiger partial charge is 0.377 e. The second-order valence-corrected chi connectivity index (χ2v) is 5.16. The Morgan fingerprint density at radius 1 is 1.59 bits per heavy atom. The molecule has 1 aromatic heterocycles. The van der Waals surface area contributed by atoms with Crippen molar-refractivity contribution in [3.05, 3.63) is 23.4 Å². The van der Waals surface area contributed by atoms with Crippen molar-refractivity contribution in [3.8, 4) is 0 Å². The molecule has 1 aliphatic rings. The summed E-state index contributed by atoms with van der Waals surface area (Å²) in [6.45, 7) is 7.08. The first-order valence-corrected chi connectivity index (χ1v) is 7.21. The number of halogens is 1. The summed E-state index contributed by atoms with van der Waals surface area (Å²) in [5.41, 5.74) is 2.47. The van der Waals surface area contributed by atoms with Gasteiger partial charge in [-0.3, -0.25) is 0 Å². The van der Waals surface area contributed by atoms with E-state index in [0.717, 1.165) is 37.3 Å². The first-order valence-electron chi connectivity index (χ1n) is 6.08. The number of aryl methyl sites for hydroxylation is 1. The number of nitrogens with zero attached hydrogens (tertiary/aromatic N) is 2. The molecule has 0 bridgehead atoms. The van der Waals surface area contributed by atoms with Crippen molar-refractivity contribution in [2.24, 2.45) is 0 Å². The van der Waals surface area contributed by atoms with Crippen LogP contribution in [0.2, 0.25) is 0 Å². The Morgan fingerprint density at radius 3 is 3.12 bits per heavy atom. The van der Waals surface area contributed by atoms with E-state index < -0.39 is 0 Å². The van der Waals surface area contributed by atoms with Gasteiger partial charge in [0.1, 0.15) is 5.82 Å². The van der Waals surface area contributed by atoms with Crippen LogP contribution in [0.15, 0.2) is 12.3 Å². The second-order valence-electron chi connectivity index (χ2n) is 4.60. The Balaban J connectivity index is 2.20. The molecule has 1 unspecified atom stereocenters. The zero-order valence-electron chi connectivity index (χ0n) is 10.4. The van der Waals surface area contributed by atoms with Crippen molar-refractivity contribution in [3.63, 3.8) is 0 Å². The Bertz CT molecular complexity index is 384. The average molecular weight is 299 g/mol. The molecule has 0 saturated carbocycles. The molecule has 2 heterocycles. The van der Waals surface area contributed by atoms with Crippen molar-refractivity contribution >= 4 is 21.7 Å². The highest BCUT2D eigenvalue weighted by Gasteiger charge is 2.17. The fourth-order valence-electron chi connectivity index (χ4n) is 2.22. The van der Waals surface area contributed by atoms with Crippen LogP contribution in [0.25, 0.3) is 0 Å². The minimum absolute atomic E-state index is 0.287. The van der Waals surface area contributed by atoms with Gasteiger partial charge < -0.3 is 9.64 Å². The Labute approximate surface area is 111 Å². The zero-order valence-corrected chi connectivity index (χ0v) is 12.0. The lowest BCUT2D eigenvalue weighted by Crippen LogP contribution is -2.31. The maximum Gasteiger partial charge on any atom is 0.131 e. The Kier molecular flexibility index (Phi) is 4.40. The van der Waals surface area contributed by atoms with Crippen LogP contribution in [0.3, 0.4) is 0 Å². The molecule has 1 atom stereocenters. The summed E-state index contributed by atoms with van der Waals surface area (Å²) in [5, 5.41) is 0.862. The molecule has 3 nitrogen and oxygen atoms in total. The average Bonchev–Trinajstić information content (AvgIpc) is 2.53. The van der Waals surface area contributed by atoms with Crippen molar-refractivity contribution in [1.29, 1.82) is 0 Å². The molecular weight excluding hydrogens is 280 g/mol. The summed E-state index contributed by atoms with van der Waals surface area (Å²) in [4.78, 5) is 6.93. The normalized spacial score (nSPS) is 21.4. The van der Waals surface area contributed by atoms with Crippen LogP contribution in [-0.4, -0.2) is 30.8 Å². The lowest BCUT2D eigenvalue weighted by atomic mass is 10.2. The molecule has 17 heavy (non-hydrogen) atoms. The number of ether oxygens (including phenoxy) is 1. The van der Waals surface area contributed by atoms with Gasteiger partial charge in [0.15, 0.2) is 0 Å². The highest BCUT2D eigenvalue weighted by atomic mass is 79.9. The third-order valence-electron chi connectivity index (χ3n) is 3.01. The van der Waals surface area contributed by atoms with Gasteiger partial charge in [-0.25, -0.2) is 4.98 Å². The van der Waals surface area contributed by atoms with Crippen molar-refractivity contribution in [2.75, 3.05) is 24.6 Å². The van der Waals surface area contributed by atoms with E-state index in [0.29, 0.717) is 0 Å². The smallest absolute Gasteiger partial charge is 0.131 e. The summed E-state index contributed by atoms with van der Waals surface area (Å²) in [6, 6.07) is 2.20. The second kappa shape index (κ2) is 5.83. The van der Waals surface area contributed by atoms with E-state index in [1.165, 1.54) is 11.1 Å². The lowest BCUT2D eigenvalue weighted by Gasteiger charge is -2.24. The van der Waals surface area contributed by atoms with Crippen LogP contribution in [0.5, 0.6) is 0 Å². The van der Waals surface area contributed by atoms with Crippen LogP contribution in [-0.2, 0) is 10.1 Å². The molecule has 1 aromatic rings. The molecule has 4 heteroatoms. The number of anilines is 1. The Morgan fingerprint density at radius 2 is 2.41 bits per heavy atom. The topological polar surface area (TPSA) is 25.4 Å². The summed E-state index contributed by atoms with van der Waals surface area (Å²) < 4.78 is 5.66. The van der Waals surface area contributed by atoms with Gasteiger partial charge in [0.2, 0.25) is 0 Å². The molecule has 0 radical (unpaired) electrons. The maximum absolute atomic E-state index is 5.66. The van der Waals surface area contributed by atoms with E-state index >= 15 is 0 Å². The molecule has 1 aliphatic heterocycles. The molecule has 94 valence electrons. The summed E-state index contributed by atoms with van der Waals surface area (Å²) in [6.07, 6.45) is 3.31. The van der Waals surface area contributed by atoms with Crippen molar-refractivity contribution < 1.29 is 4.74 Å². The first-order chi connectivity index (χ1) is 8.20. The van der Waals surface area contributed by atoms with Crippen LogP contribution in [0.1, 0.15) is 24.5 Å². The van der Waals surface area contributed by atoms with E-state index in [-0.39, 0.29) is 6.10 Å². The monoisotopic (exact) mass is 298 g/mol. The van der Waals surface area contributed by atoms with Crippen LogP contribution < -0.4 is 4.90 Å². The van der Waals surface area contributed by atoms with Gasteiger partial charge in [-0.05, 0) is 31.4 Å². The Hall–Kier alpha value is -0.610. The van der Waals surface area contributed by atoms with E-state index in [9.17, 15) is 0 Å². The van der Waals surface area contributed by atoms with E-state index in [1.54, 1.807) is 0 Å². The predicted octanol–water partition coefficient (Wildman–Crippen LogP) is 2.90. The minimum Gasteiger partial charge on any atom is -0.377 e. The zero-order chi connectivity index (χ0) is 12.3. The molecule has 0 spiro atoms. The van der Waals surface area contributed by atoms with Gasteiger partial charge in [-0.15, -0.1) is 0 Å². The molecule has 0 aromatic carbocycles. The van der Waals surface area contributed by atoms with E-state index in [4.69, 9.17) is 4.74 Å². The summed E-state index contributed by atoms with van der Waals surface area (Å²) in [7, 11) is 0. The van der Waals surface area contributed by atoms with Crippen LogP contribution in [0, 0.1) is 6.92 Å². The molecular formula is C13H19BrN2O. The van der Waals surface area contributed by atoms with Gasteiger partial charge in [-0.2, -0.15) is 0 Å². The van der Waals surface area contributed by atoms with E-state index in [1.807, 2.05) is 6.20 Å². The van der Waals surface area contributed by atoms with Gasteiger partial charge in [-0.1, -0.05) is 22.0 Å². The minimum atomic E-state index is 0.287. The number of pyridine rings is 1. The van der Waals surface area contributed by atoms with Crippen molar-refractivity contribution in [2.45, 2.75) is 31.7 Å². The third-order valence-corrected chi connectivity index (χ3v) is 3.66. The number of hydrogen-bond acceptors (Lipinski definition) is 3. The molecule has 1 fully saturated rings. The first kappa shape index (κ1) is 12.8. The van der Waals surface area contributed by atoms with Crippen LogP contribution >= 0.6 is 15.9 Å². The SMILES string of the molecule is Cc1cc(CBr)cnc1N1CCCOC(C)C1. The molecule has 0 N–H and O–H groups in total. The number of aromatic nitrogens is 1. The van der Waals surface area contributed by atoms with Gasteiger partial charge in [0.25, 0.3) is 0 Å². The molecule has 0 aliphatic carbocycles. The third kappa shape index (κ3) is 3.19. The van der Waals surface area contributed by atoms with Gasteiger partial charge in [0.05, 0.1) is 6.10 Å². The quantitative estimate of drug-likeness (QED) is 0.785. The highest BCUT2D eigenvalue weighted by Crippen LogP contribution is 2.21. The maximum atomic E-state index is 5.66. The molecule has 0 amide bonds. The number of rotatable bonds is 2.